The van der Waals surface area contributed by atoms with E-state index in [1.165, 1.54) is 22.8 Å². The van der Waals surface area contributed by atoms with Crippen molar-refractivity contribution in [1.82, 2.24) is 19.9 Å². The summed E-state index contributed by atoms with van der Waals surface area (Å²) in [6.07, 6.45) is 0.693. The predicted molar refractivity (Wildman–Crippen MR) is 153 cm³/mol. The second kappa shape index (κ2) is 11.2. The zero-order chi connectivity index (χ0) is 30.3. The van der Waals surface area contributed by atoms with Crippen LogP contribution in [0.1, 0.15) is 70.3 Å². The topological polar surface area (TPSA) is 139 Å². The van der Waals surface area contributed by atoms with E-state index in [0.29, 0.717) is 24.9 Å². The van der Waals surface area contributed by atoms with Crippen molar-refractivity contribution in [2.24, 2.45) is 0 Å². The number of aromatic amines is 2. The average Bonchev–Trinajstić information content (AvgIpc) is 3.13. The molecule has 3 N–H and O–H groups in total. The molecular formula is C28H35ClFN5O6. The summed E-state index contributed by atoms with van der Waals surface area (Å²) in [7, 11) is 0. The van der Waals surface area contributed by atoms with Crippen LogP contribution in [0.15, 0.2) is 27.8 Å². The summed E-state index contributed by atoms with van der Waals surface area (Å²) in [5.74, 6) is -1.01. The Labute approximate surface area is 241 Å². The van der Waals surface area contributed by atoms with Crippen molar-refractivity contribution in [3.63, 3.8) is 0 Å². The molecule has 0 aliphatic carbocycles. The highest BCUT2D eigenvalue weighted by molar-refractivity contribution is 6.31. The molecular weight excluding hydrogens is 557 g/mol. The van der Waals surface area contributed by atoms with Gasteiger partial charge in [0.05, 0.1) is 12.1 Å². The second-order valence-electron chi connectivity index (χ2n) is 12.1. The van der Waals surface area contributed by atoms with Gasteiger partial charge < -0.3 is 29.2 Å². The van der Waals surface area contributed by atoms with Crippen molar-refractivity contribution in [2.45, 2.75) is 78.2 Å². The molecule has 222 valence electrons. The molecule has 0 radical (unpaired) electrons. The maximum Gasteiger partial charge on any atom is 0.407 e. The van der Waals surface area contributed by atoms with E-state index in [1.807, 2.05) is 4.90 Å². The Hall–Kier alpha value is -3.80. The third-order valence-electron chi connectivity index (χ3n) is 6.30. The molecule has 0 bridgehead atoms. The molecule has 4 rings (SSSR count). The summed E-state index contributed by atoms with van der Waals surface area (Å²) < 4.78 is 26.9. The van der Waals surface area contributed by atoms with Gasteiger partial charge in [0.2, 0.25) is 0 Å². The van der Waals surface area contributed by atoms with Crippen molar-refractivity contribution in [3.8, 4) is 0 Å². The minimum absolute atomic E-state index is 0.0111. The number of nitrogens with zero attached hydrogens (tertiary/aromatic N) is 2. The summed E-state index contributed by atoms with van der Waals surface area (Å²) in [5.41, 5.74) is -2.82. The van der Waals surface area contributed by atoms with Gasteiger partial charge in [0.1, 0.15) is 33.9 Å². The number of piperidine rings is 1. The molecule has 1 aromatic carbocycles. The lowest BCUT2D eigenvalue weighted by Crippen LogP contribution is -2.49. The van der Waals surface area contributed by atoms with Crippen LogP contribution in [0.25, 0.3) is 11.0 Å². The molecule has 1 aliphatic rings. The van der Waals surface area contributed by atoms with E-state index in [4.69, 9.17) is 21.1 Å². The number of benzene rings is 1. The number of hydrogen-bond donors (Lipinski definition) is 3. The standard InChI is InChI=1S/C28H35ClFN5O6/c1-27(2,3)40-24(37)19-20-21(22(36)33-25(38)32-20)35(13-15-12-16(30)9-10-18(15)29)23(19)34-11-7-8-17(14-34)31-26(39)41-28(4,5)6/h9-10,12,17H,7-8,11,13-14H2,1-6H3,(H,31,39)(H2,32,33,36,38)/t17-/m1/s1. The Morgan fingerprint density at radius 3 is 2.44 bits per heavy atom. The number of anilines is 1. The first-order valence-corrected chi connectivity index (χ1v) is 13.7. The van der Waals surface area contributed by atoms with Gasteiger partial charge in [0, 0.05) is 24.2 Å². The van der Waals surface area contributed by atoms with Gasteiger partial charge >= 0.3 is 17.8 Å². The highest BCUT2D eigenvalue weighted by atomic mass is 35.5. The fraction of sp³-hybridized carbons (Fsp3) is 0.500. The van der Waals surface area contributed by atoms with Crippen molar-refractivity contribution in [3.05, 3.63) is 61.0 Å². The van der Waals surface area contributed by atoms with Gasteiger partial charge in [-0.15, -0.1) is 0 Å². The number of alkyl carbamates (subject to hydrolysis) is 1. The van der Waals surface area contributed by atoms with Crippen molar-refractivity contribution >= 4 is 40.5 Å². The minimum atomic E-state index is -0.890. The van der Waals surface area contributed by atoms with E-state index >= 15 is 0 Å². The van der Waals surface area contributed by atoms with Crippen LogP contribution in [0.5, 0.6) is 0 Å². The molecule has 1 atom stereocenters. The Bertz CT molecular complexity index is 1600. The number of aromatic nitrogens is 3. The van der Waals surface area contributed by atoms with E-state index < -0.39 is 40.3 Å². The molecule has 41 heavy (non-hydrogen) atoms. The van der Waals surface area contributed by atoms with E-state index in [-0.39, 0.29) is 46.6 Å². The molecule has 3 aromatic rings. The molecule has 1 fully saturated rings. The SMILES string of the molecule is CC(C)(C)OC(=O)N[C@@H]1CCCN(c2c(C(=O)OC(C)(C)C)c3[nH]c(=O)[nH]c(=O)c3n2Cc2cc(F)ccc2Cl)C1. The minimum Gasteiger partial charge on any atom is -0.456 e. The third-order valence-corrected chi connectivity index (χ3v) is 6.67. The maximum absolute atomic E-state index is 14.2. The molecule has 1 saturated heterocycles. The first-order chi connectivity index (χ1) is 19.0. The first kappa shape index (κ1) is 30.2. The van der Waals surface area contributed by atoms with Crippen LogP contribution in [0.4, 0.5) is 15.0 Å². The van der Waals surface area contributed by atoms with Crippen LogP contribution in [0.2, 0.25) is 5.02 Å². The summed E-state index contributed by atoms with van der Waals surface area (Å²) in [6, 6.07) is 3.51. The number of H-pyrrole nitrogens is 2. The van der Waals surface area contributed by atoms with Crippen LogP contribution in [0, 0.1) is 5.82 Å². The van der Waals surface area contributed by atoms with Crippen LogP contribution in [-0.4, -0.2) is 56.9 Å². The highest BCUT2D eigenvalue weighted by Gasteiger charge is 2.35. The van der Waals surface area contributed by atoms with Crippen molar-refractivity contribution in [2.75, 3.05) is 18.0 Å². The van der Waals surface area contributed by atoms with E-state index in [1.54, 1.807) is 41.5 Å². The number of ether oxygens (including phenoxy) is 2. The lowest BCUT2D eigenvalue weighted by Gasteiger charge is -2.36. The Morgan fingerprint density at radius 1 is 1.10 bits per heavy atom. The average molecular weight is 592 g/mol. The van der Waals surface area contributed by atoms with E-state index in [0.717, 1.165) is 0 Å². The Morgan fingerprint density at radius 2 is 1.78 bits per heavy atom. The molecule has 0 unspecified atom stereocenters. The van der Waals surface area contributed by atoms with Crippen molar-refractivity contribution in [1.29, 1.82) is 0 Å². The van der Waals surface area contributed by atoms with Crippen molar-refractivity contribution < 1.29 is 23.5 Å². The third kappa shape index (κ3) is 7.10. The number of amides is 1. The smallest absolute Gasteiger partial charge is 0.407 e. The van der Waals surface area contributed by atoms with Crippen LogP contribution >= 0.6 is 11.6 Å². The molecule has 1 amide bonds. The molecule has 2 aromatic heterocycles. The van der Waals surface area contributed by atoms with Gasteiger partial charge in [-0.1, -0.05) is 11.6 Å². The lowest BCUT2D eigenvalue weighted by atomic mass is 10.1. The second-order valence-corrected chi connectivity index (χ2v) is 12.5. The molecule has 0 spiro atoms. The summed E-state index contributed by atoms with van der Waals surface area (Å²) >= 11 is 6.40. The van der Waals surface area contributed by atoms with Gasteiger partial charge in [-0.05, 0) is 78.1 Å². The lowest BCUT2D eigenvalue weighted by molar-refractivity contribution is 0.00715. The predicted octanol–water partition coefficient (Wildman–Crippen LogP) is 4.31. The number of fused-ring (bicyclic) bond motifs is 1. The summed E-state index contributed by atoms with van der Waals surface area (Å²) in [5, 5.41) is 3.13. The van der Waals surface area contributed by atoms with Gasteiger partial charge in [0.25, 0.3) is 5.56 Å². The number of rotatable bonds is 5. The fourth-order valence-corrected chi connectivity index (χ4v) is 5.05. The number of halogens is 2. The summed E-state index contributed by atoms with van der Waals surface area (Å²) in [6.45, 7) is 11.0. The quantitative estimate of drug-likeness (QED) is 0.376. The number of esters is 1. The number of carbonyl (C=O) groups is 2. The van der Waals surface area contributed by atoms with E-state index in [2.05, 4.69) is 15.3 Å². The van der Waals surface area contributed by atoms with E-state index in [9.17, 15) is 23.6 Å². The largest absolute Gasteiger partial charge is 0.456 e. The number of hydrogen-bond acceptors (Lipinski definition) is 7. The van der Waals surface area contributed by atoms with Crippen LogP contribution in [-0.2, 0) is 16.0 Å². The number of nitrogens with one attached hydrogen (secondary N) is 3. The van der Waals surface area contributed by atoms with Gasteiger partial charge in [-0.3, -0.25) is 9.78 Å². The highest BCUT2D eigenvalue weighted by Crippen LogP contribution is 2.35. The van der Waals surface area contributed by atoms with Crippen LogP contribution < -0.4 is 21.5 Å². The molecule has 0 saturated carbocycles. The molecule has 3 heterocycles. The fourth-order valence-electron chi connectivity index (χ4n) is 4.87. The zero-order valence-corrected chi connectivity index (χ0v) is 24.7. The Balaban J connectivity index is 1.90. The number of carbonyl (C=O) groups excluding carboxylic acids is 2. The normalized spacial score (nSPS) is 16.1. The summed E-state index contributed by atoms with van der Waals surface area (Å²) in [4.78, 5) is 58.5. The van der Waals surface area contributed by atoms with Gasteiger partial charge in [-0.25, -0.2) is 18.8 Å². The van der Waals surface area contributed by atoms with Gasteiger partial charge in [-0.2, -0.15) is 0 Å². The molecule has 1 aliphatic heterocycles. The molecule has 13 heteroatoms. The zero-order valence-electron chi connectivity index (χ0n) is 23.9. The molecule has 11 nitrogen and oxygen atoms in total. The first-order valence-electron chi connectivity index (χ1n) is 13.3. The van der Waals surface area contributed by atoms with Gasteiger partial charge in [0.15, 0.2) is 0 Å². The Kier molecular flexibility index (Phi) is 8.26. The van der Waals surface area contributed by atoms with Crippen LogP contribution in [0.3, 0.4) is 0 Å². The monoisotopic (exact) mass is 591 g/mol. The maximum atomic E-state index is 14.2.